The van der Waals surface area contributed by atoms with Gasteiger partial charge in [0.25, 0.3) is 0 Å². The van der Waals surface area contributed by atoms with Crippen molar-refractivity contribution >= 4 is 23.1 Å². The van der Waals surface area contributed by atoms with Gasteiger partial charge in [-0.1, -0.05) is 19.1 Å². The summed E-state index contributed by atoms with van der Waals surface area (Å²) in [6, 6.07) is 9.89. The number of anilines is 1. The second kappa shape index (κ2) is 7.55. The summed E-state index contributed by atoms with van der Waals surface area (Å²) < 4.78 is 0. The number of hydrogen-bond acceptors (Lipinski definition) is 3. The van der Waals surface area contributed by atoms with Crippen LogP contribution in [0.1, 0.15) is 18.2 Å². The highest BCUT2D eigenvalue weighted by molar-refractivity contribution is 7.80. The van der Waals surface area contributed by atoms with Crippen molar-refractivity contribution in [1.82, 2.24) is 15.3 Å². The minimum absolute atomic E-state index is 0.592. The topological polar surface area (TPSA) is 49.8 Å². The maximum absolute atomic E-state index is 5.28. The van der Waals surface area contributed by atoms with Gasteiger partial charge in [0.1, 0.15) is 5.82 Å². The molecule has 0 aliphatic heterocycles. The van der Waals surface area contributed by atoms with Crippen LogP contribution in [-0.4, -0.2) is 21.6 Å². The Bertz CT molecular complexity index is 557. The Labute approximate surface area is 124 Å². The Balaban J connectivity index is 1.81. The quantitative estimate of drug-likeness (QED) is 0.827. The first-order valence-electron chi connectivity index (χ1n) is 6.68. The van der Waals surface area contributed by atoms with Crippen LogP contribution in [-0.2, 0) is 12.8 Å². The fourth-order valence-electron chi connectivity index (χ4n) is 1.84. The average Bonchev–Trinajstić information content (AvgIpc) is 2.49. The number of nitrogens with zero attached hydrogens (tertiary/aromatic N) is 2. The highest BCUT2D eigenvalue weighted by Crippen LogP contribution is 2.11. The van der Waals surface area contributed by atoms with Crippen molar-refractivity contribution < 1.29 is 0 Å². The van der Waals surface area contributed by atoms with Crippen molar-refractivity contribution in [2.24, 2.45) is 0 Å². The molecule has 4 nitrogen and oxygen atoms in total. The second-order valence-electron chi connectivity index (χ2n) is 4.32. The van der Waals surface area contributed by atoms with Crippen molar-refractivity contribution in [1.29, 1.82) is 0 Å². The third kappa shape index (κ3) is 4.28. The largest absolute Gasteiger partial charge is 0.362 e. The Hall–Kier alpha value is -2.01. The lowest BCUT2D eigenvalue weighted by atomic mass is 10.2. The van der Waals surface area contributed by atoms with Crippen molar-refractivity contribution in [3.8, 4) is 0 Å². The number of thiocarbonyl (C=S) groups is 1. The Morgan fingerprint density at radius 1 is 1.15 bits per heavy atom. The number of hydrogen-bond donors (Lipinski definition) is 2. The molecule has 0 unspecified atom stereocenters. The number of nitrogens with one attached hydrogen (secondary N) is 2. The number of aromatic nitrogens is 2. The molecule has 20 heavy (non-hydrogen) atoms. The van der Waals surface area contributed by atoms with Gasteiger partial charge in [0.2, 0.25) is 0 Å². The van der Waals surface area contributed by atoms with E-state index in [-0.39, 0.29) is 0 Å². The fourth-order valence-corrected chi connectivity index (χ4v) is 2.04. The monoisotopic (exact) mass is 286 g/mol. The van der Waals surface area contributed by atoms with Gasteiger partial charge >= 0.3 is 0 Å². The van der Waals surface area contributed by atoms with E-state index >= 15 is 0 Å². The van der Waals surface area contributed by atoms with E-state index < -0.39 is 0 Å². The lowest BCUT2D eigenvalue weighted by Crippen LogP contribution is -2.31. The second-order valence-corrected chi connectivity index (χ2v) is 4.72. The summed E-state index contributed by atoms with van der Waals surface area (Å²) in [5, 5.41) is 6.90. The molecule has 0 fully saturated rings. The molecule has 104 valence electrons. The predicted octanol–water partition coefficient (Wildman–Crippen LogP) is 2.57. The summed E-state index contributed by atoms with van der Waals surface area (Å²) in [5.74, 6) is 0.824. The van der Waals surface area contributed by atoms with E-state index in [4.69, 9.17) is 12.2 Å². The lowest BCUT2D eigenvalue weighted by molar-refractivity contribution is 0.847. The van der Waals surface area contributed by atoms with E-state index in [1.165, 1.54) is 0 Å². The van der Waals surface area contributed by atoms with Crippen LogP contribution in [0.5, 0.6) is 0 Å². The summed E-state index contributed by atoms with van der Waals surface area (Å²) in [5.41, 5.74) is 2.20. The number of pyridine rings is 2. The molecule has 2 aromatic rings. The van der Waals surface area contributed by atoms with E-state index in [0.29, 0.717) is 5.11 Å². The van der Waals surface area contributed by atoms with E-state index in [0.717, 1.165) is 36.5 Å². The highest BCUT2D eigenvalue weighted by Gasteiger charge is 2.03. The molecule has 0 aromatic carbocycles. The smallest absolute Gasteiger partial charge is 0.171 e. The van der Waals surface area contributed by atoms with Crippen LogP contribution in [0.4, 0.5) is 5.82 Å². The fraction of sp³-hybridized carbons (Fsp3) is 0.267. The van der Waals surface area contributed by atoms with Crippen molar-refractivity contribution in [3.05, 3.63) is 54.0 Å². The van der Waals surface area contributed by atoms with Gasteiger partial charge in [-0.05, 0) is 42.4 Å². The van der Waals surface area contributed by atoms with Crippen LogP contribution in [0, 0.1) is 0 Å². The van der Waals surface area contributed by atoms with Crippen LogP contribution in [0.25, 0.3) is 0 Å². The maximum Gasteiger partial charge on any atom is 0.171 e. The summed E-state index contributed by atoms with van der Waals surface area (Å²) in [6.45, 7) is 2.84. The summed E-state index contributed by atoms with van der Waals surface area (Å²) >= 11 is 5.28. The zero-order valence-corrected chi connectivity index (χ0v) is 12.3. The predicted molar refractivity (Wildman–Crippen MR) is 85.8 cm³/mol. The van der Waals surface area contributed by atoms with Crippen molar-refractivity contribution in [2.75, 3.05) is 11.9 Å². The molecule has 0 atom stereocenters. The van der Waals surface area contributed by atoms with Gasteiger partial charge in [-0.3, -0.25) is 4.98 Å². The molecule has 0 spiro atoms. The molecular formula is C15H18N4S. The standard InChI is InChI=1S/C15H18N4S/c1-2-12-6-5-10-17-14(12)19-15(20)18-11-8-13-7-3-4-9-16-13/h3-7,9-10H,2,8,11H2,1H3,(H2,17,18,19,20). The number of aryl methyl sites for hydroxylation is 1. The number of rotatable bonds is 5. The maximum atomic E-state index is 5.28. The molecule has 5 heteroatoms. The van der Waals surface area contributed by atoms with E-state index in [1.807, 2.05) is 30.3 Å². The van der Waals surface area contributed by atoms with Gasteiger partial charge < -0.3 is 10.6 Å². The normalized spacial score (nSPS) is 10.1. The molecule has 0 saturated carbocycles. The average molecular weight is 286 g/mol. The minimum atomic E-state index is 0.592. The van der Waals surface area contributed by atoms with Crippen molar-refractivity contribution in [3.63, 3.8) is 0 Å². The third-order valence-electron chi connectivity index (χ3n) is 2.90. The van der Waals surface area contributed by atoms with Gasteiger partial charge in [0.15, 0.2) is 5.11 Å². The van der Waals surface area contributed by atoms with Crippen LogP contribution in [0.2, 0.25) is 0 Å². The van der Waals surface area contributed by atoms with Gasteiger partial charge in [0.05, 0.1) is 0 Å². The lowest BCUT2D eigenvalue weighted by Gasteiger charge is -2.12. The van der Waals surface area contributed by atoms with Crippen LogP contribution in [0.15, 0.2) is 42.7 Å². The summed E-state index contributed by atoms with van der Waals surface area (Å²) in [7, 11) is 0. The van der Waals surface area contributed by atoms with E-state index in [1.54, 1.807) is 12.4 Å². The molecule has 2 N–H and O–H groups in total. The Morgan fingerprint density at radius 2 is 2.00 bits per heavy atom. The first-order valence-corrected chi connectivity index (χ1v) is 7.09. The van der Waals surface area contributed by atoms with Gasteiger partial charge in [-0.25, -0.2) is 4.98 Å². The van der Waals surface area contributed by atoms with Gasteiger partial charge in [-0.15, -0.1) is 0 Å². The SMILES string of the molecule is CCc1cccnc1NC(=S)NCCc1ccccn1. The zero-order chi connectivity index (χ0) is 14.2. The van der Waals surface area contributed by atoms with Gasteiger partial charge in [-0.2, -0.15) is 0 Å². The summed E-state index contributed by atoms with van der Waals surface area (Å²) in [4.78, 5) is 8.58. The molecule has 2 aromatic heterocycles. The van der Waals surface area contributed by atoms with Gasteiger partial charge in [0, 0.05) is 31.1 Å². The molecule has 2 rings (SSSR count). The van der Waals surface area contributed by atoms with Crippen LogP contribution < -0.4 is 10.6 Å². The van der Waals surface area contributed by atoms with E-state index in [2.05, 4.69) is 27.5 Å². The molecule has 0 aliphatic rings. The zero-order valence-electron chi connectivity index (χ0n) is 11.5. The third-order valence-corrected chi connectivity index (χ3v) is 3.14. The Kier molecular flexibility index (Phi) is 5.43. The highest BCUT2D eigenvalue weighted by atomic mass is 32.1. The first-order chi connectivity index (χ1) is 9.79. The molecule has 0 aliphatic carbocycles. The first kappa shape index (κ1) is 14.4. The van der Waals surface area contributed by atoms with Crippen LogP contribution in [0.3, 0.4) is 0 Å². The summed E-state index contributed by atoms with van der Waals surface area (Å²) in [6.07, 6.45) is 5.32. The molecule has 0 bridgehead atoms. The van der Waals surface area contributed by atoms with Crippen molar-refractivity contribution in [2.45, 2.75) is 19.8 Å². The van der Waals surface area contributed by atoms with E-state index in [9.17, 15) is 0 Å². The van der Waals surface area contributed by atoms with Crippen LogP contribution >= 0.6 is 12.2 Å². The Morgan fingerprint density at radius 3 is 2.75 bits per heavy atom. The molecule has 0 amide bonds. The molecule has 2 heterocycles. The minimum Gasteiger partial charge on any atom is -0.362 e. The molecule has 0 radical (unpaired) electrons. The molecular weight excluding hydrogens is 268 g/mol. The molecule has 0 saturated heterocycles.